The van der Waals surface area contributed by atoms with E-state index in [1.807, 2.05) is 42.5 Å². The number of hydrogen-bond donors (Lipinski definition) is 0. The average Bonchev–Trinajstić information content (AvgIpc) is 3.09. The molecule has 0 spiro atoms. The van der Waals surface area contributed by atoms with Crippen LogP contribution in [0.1, 0.15) is 17.6 Å². The Balaban J connectivity index is 1.42. The summed E-state index contributed by atoms with van der Waals surface area (Å²) >= 11 is 1.51. The second-order valence-corrected chi connectivity index (χ2v) is 5.97. The minimum Gasteiger partial charge on any atom is -0.485 e. The third-order valence-electron chi connectivity index (χ3n) is 3.41. The van der Waals surface area contributed by atoms with Crippen LogP contribution < -0.4 is 9.47 Å². The molecule has 6 heteroatoms. The minimum absolute atomic E-state index is 0.363. The molecule has 0 N–H and O–H groups in total. The van der Waals surface area contributed by atoms with Crippen LogP contribution in [0, 0.1) is 0 Å². The van der Waals surface area contributed by atoms with E-state index in [1.165, 1.54) is 17.3 Å². The normalized spacial score (nSPS) is 16.3. The maximum atomic E-state index is 5.86. The summed E-state index contributed by atoms with van der Waals surface area (Å²) in [6, 6.07) is 17.7. The number of nitrogens with zero attached hydrogens (tertiary/aromatic N) is 2. The lowest BCUT2D eigenvalue weighted by molar-refractivity contribution is 0.0686. The molecule has 0 unspecified atom stereocenters. The van der Waals surface area contributed by atoms with Gasteiger partial charge in [-0.3, -0.25) is 0 Å². The van der Waals surface area contributed by atoms with Gasteiger partial charge in [-0.05, 0) is 17.7 Å². The van der Waals surface area contributed by atoms with Crippen LogP contribution in [-0.4, -0.2) is 16.8 Å². The number of benzene rings is 2. The molecule has 0 bridgehead atoms. The molecular formula is C17H14N2O3S. The standard InChI is InChI=1S/C17H14N2O3S/c1-2-6-12(7-3-1)11-23-17-19-18-16(22-17)15-10-20-13-8-4-5-9-14(13)21-15/h1-9,15H,10-11H2/t15-/m1/s1. The Bertz CT molecular complexity index is 791. The van der Waals surface area contributed by atoms with Crippen molar-refractivity contribution >= 4 is 11.8 Å². The zero-order valence-corrected chi connectivity index (χ0v) is 13.0. The summed E-state index contributed by atoms with van der Waals surface area (Å²) in [4.78, 5) is 0. The van der Waals surface area contributed by atoms with Gasteiger partial charge in [-0.2, -0.15) is 0 Å². The molecule has 0 fully saturated rings. The highest BCUT2D eigenvalue weighted by molar-refractivity contribution is 7.98. The number of ether oxygens (including phenoxy) is 2. The van der Waals surface area contributed by atoms with Gasteiger partial charge in [0.1, 0.15) is 6.61 Å². The van der Waals surface area contributed by atoms with Gasteiger partial charge in [-0.25, -0.2) is 0 Å². The first kappa shape index (κ1) is 14.1. The van der Waals surface area contributed by atoms with Crippen LogP contribution in [0.5, 0.6) is 11.5 Å². The zero-order chi connectivity index (χ0) is 15.5. The number of para-hydroxylation sites is 2. The van der Waals surface area contributed by atoms with Gasteiger partial charge in [0.2, 0.25) is 6.10 Å². The molecule has 1 aromatic heterocycles. The Hall–Kier alpha value is -2.47. The molecule has 1 aliphatic rings. The van der Waals surface area contributed by atoms with Gasteiger partial charge in [-0.1, -0.05) is 54.2 Å². The van der Waals surface area contributed by atoms with E-state index in [4.69, 9.17) is 13.9 Å². The Morgan fingerprint density at radius 1 is 0.957 bits per heavy atom. The second-order valence-electron chi connectivity index (χ2n) is 5.04. The highest BCUT2D eigenvalue weighted by Gasteiger charge is 2.27. The second kappa shape index (κ2) is 6.34. The highest BCUT2D eigenvalue weighted by atomic mass is 32.2. The summed E-state index contributed by atoms with van der Waals surface area (Å²) in [5.41, 5.74) is 1.21. The van der Waals surface area contributed by atoms with E-state index in [2.05, 4.69) is 22.3 Å². The molecule has 116 valence electrons. The summed E-state index contributed by atoms with van der Waals surface area (Å²) in [5, 5.41) is 8.69. The highest BCUT2D eigenvalue weighted by Crippen LogP contribution is 2.36. The lowest BCUT2D eigenvalue weighted by atomic mass is 10.2. The van der Waals surface area contributed by atoms with Crippen LogP contribution in [0.3, 0.4) is 0 Å². The maximum Gasteiger partial charge on any atom is 0.277 e. The molecule has 2 heterocycles. The van der Waals surface area contributed by atoms with Crippen molar-refractivity contribution in [3.63, 3.8) is 0 Å². The van der Waals surface area contributed by atoms with Gasteiger partial charge in [0.25, 0.3) is 11.1 Å². The number of rotatable bonds is 4. The number of aromatic nitrogens is 2. The topological polar surface area (TPSA) is 57.4 Å². The molecule has 0 saturated heterocycles. The van der Waals surface area contributed by atoms with E-state index < -0.39 is 0 Å². The van der Waals surface area contributed by atoms with Crippen LogP contribution in [0.4, 0.5) is 0 Å². The number of thioether (sulfide) groups is 1. The molecule has 5 nitrogen and oxygen atoms in total. The Kier molecular flexibility index (Phi) is 3.90. The first-order valence-corrected chi connectivity index (χ1v) is 8.25. The number of hydrogen-bond acceptors (Lipinski definition) is 6. The van der Waals surface area contributed by atoms with Crippen LogP contribution in [0.25, 0.3) is 0 Å². The minimum atomic E-state index is -0.372. The first-order chi connectivity index (χ1) is 11.4. The summed E-state index contributed by atoms with van der Waals surface area (Å²) in [5.74, 6) is 2.66. The first-order valence-electron chi connectivity index (χ1n) is 7.27. The van der Waals surface area contributed by atoms with E-state index in [1.54, 1.807) is 0 Å². The molecule has 0 aliphatic carbocycles. The molecule has 0 radical (unpaired) electrons. The summed E-state index contributed by atoms with van der Waals surface area (Å²) in [6.07, 6.45) is -0.372. The zero-order valence-electron chi connectivity index (χ0n) is 12.2. The smallest absolute Gasteiger partial charge is 0.277 e. The predicted molar refractivity (Wildman–Crippen MR) is 85.6 cm³/mol. The van der Waals surface area contributed by atoms with Crippen molar-refractivity contribution in [2.45, 2.75) is 17.1 Å². The Morgan fingerprint density at radius 3 is 2.61 bits per heavy atom. The molecule has 23 heavy (non-hydrogen) atoms. The molecule has 1 aliphatic heterocycles. The molecule has 0 saturated carbocycles. The fraction of sp³-hybridized carbons (Fsp3) is 0.176. The quantitative estimate of drug-likeness (QED) is 0.678. The number of fused-ring (bicyclic) bond motifs is 1. The van der Waals surface area contributed by atoms with Crippen molar-refractivity contribution in [3.8, 4) is 11.5 Å². The average molecular weight is 326 g/mol. The van der Waals surface area contributed by atoms with Crippen molar-refractivity contribution in [2.75, 3.05) is 6.61 Å². The van der Waals surface area contributed by atoms with Gasteiger partial charge < -0.3 is 13.9 Å². The maximum absolute atomic E-state index is 5.86. The van der Waals surface area contributed by atoms with Crippen molar-refractivity contribution in [1.82, 2.24) is 10.2 Å². The van der Waals surface area contributed by atoms with Gasteiger partial charge in [0, 0.05) is 5.75 Å². The lowest BCUT2D eigenvalue weighted by Crippen LogP contribution is -2.21. The summed E-state index contributed by atoms with van der Waals surface area (Å²) in [7, 11) is 0. The third-order valence-corrected chi connectivity index (χ3v) is 4.30. The molecule has 4 rings (SSSR count). The Labute approximate surface area is 137 Å². The molecular weight excluding hydrogens is 312 g/mol. The fourth-order valence-corrected chi connectivity index (χ4v) is 2.99. The molecule has 0 amide bonds. The predicted octanol–water partition coefficient (Wildman–Crippen LogP) is 3.87. The van der Waals surface area contributed by atoms with E-state index in [9.17, 15) is 0 Å². The van der Waals surface area contributed by atoms with Crippen molar-refractivity contribution in [1.29, 1.82) is 0 Å². The van der Waals surface area contributed by atoms with Gasteiger partial charge in [-0.15, -0.1) is 10.2 Å². The largest absolute Gasteiger partial charge is 0.485 e. The van der Waals surface area contributed by atoms with E-state index in [-0.39, 0.29) is 6.10 Å². The third kappa shape index (κ3) is 3.17. The van der Waals surface area contributed by atoms with E-state index in [0.717, 1.165) is 11.5 Å². The van der Waals surface area contributed by atoms with Gasteiger partial charge >= 0.3 is 0 Å². The summed E-state index contributed by atoms with van der Waals surface area (Å²) in [6.45, 7) is 0.363. The molecule has 1 atom stereocenters. The van der Waals surface area contributed by atoms with Gasteiger partial charge in [0.15, 0.2) is 11.5 Å². The van der Waals surface area contributed by atoms with Crippen molar-refractivity contribution in [3.05, 3.63) is 66.1 Å². The van der Waals surface area contributed by atoms with Crippen molar-refractivity contribution < 1.29 is 13.9 Å². The van der Waals surface area contributed by atoms with E-state index >= 15 is 0 Å². The van der Waals surface area contributed by atoms with Gasteiger partial charge in [0.05, 0.1) is 0 Å². The van der Waals surface area contributed by atoms with Crippen LogP contribution >= 0.6 is 11.8 Å². The lowest BCUT2D eigenvalue weighted by Gasteiger charge is -2.23. The monoisotopic (exact) mass is 326 g/mol. The Morgan fingerprint density at radius 2 is 1.74 bits per heavy atom. The summed E-state index contributed by atoms with van der Waals surface area (Å²) < 4.78 is 17.2. The van der Waals surface area contributed by atoms with Crippen LogP contribution in [0.15, 0.2) is 64.2 Å². The SMILES string of the molecule is c1ccc(CSc2nnc([C@H]3COc4ccccc4O3)o2)cc1. The fourth-order valence-electron chi connectivity index (χ4n) is 2.27. The van der Waals surface area contributed by atoms with Crippen molar-refractivity contribution in [2.24, 2.45) is 0 Å². The van der Waals surface area contributed by atoms with E-state index in [0.29, 0.717) is 23.5 Å². The van der Waals surface area contributed by atoms with Crippen LogP contribution in [0.2, 0.25) is 0 Å². The molecule has 2 aromatic carbocycles. The van der Waals surface area contributed by atoms with Crippen LogP contribution in [-0.2, 0) is 5.75 Å². The molecule has 3 aromatic rings.